The third kappa shape index (κ3) is 3.15. The number of hydrogen-bond donors (Lipinski definition) is 3. The molecule has 3 fully saturated rings. The highest BCUT2D eigenvalue weighted by Gasteiger charge is 2.34. The van der Waals surface area contributed by atoms with Gasteiger partial charge < -0.3 is 20.1 Å². The van der Waals surface area contributed by atoms with Gasteiger partial charge in [-0.3, -0.25) is 4.90 Å². The number of ether oxygens (including phenoxy) is 1. The molecule has 3 aliphatic rings. The molecule has 4 heterocycles. The number of H-pyrrole nitrogens is 1. The van der Waals surface area contributed by atoms with Gasteiger partial charge in [-0.1, -0.05) is 6.07 Å². The summed E-state index contributed by atoms with van der Waals surface area (Å²) < 4.78 is 19.5. The largest absolute Gasteiger partial charge is 0.504 e. The van der Waals surface area contributed by atoms with E-state index in [9.17, 15) is 9.50 Å². The molecule has 3 aromatic rings. The third-order valence-corrected chi connectivity index (χ3v) is 6.38. The minimum absolute atomic E-state index is 0.365. The van der Waals surface area contributed by atoms with Crippen LogP contribution >= 0.6 is 0 Å². The molecular weight excluding hydrogens is 385 g/mol. The molecule has 0 spiro atoms. The highest BCUT2D eigenvalue weighted by Crippen LogP contribution is 2.46. The number of para-hydroxylation sites is 1. The summed E-state index contributed by atoms with van der Waals surface area (Å²) in [5.41, 5.74) is 4.11. The number of aromatic hydroxyl groups is 1. The van der Waals surface area contributed by atoms with Gasteiger partial charge in [0.1, 0.15) is 0 Å². The second-order valence-corrected chi connectivity index (χ2v) is 8.71. The summed E-state index contributed by atoms with van der Waals surface area (Å²) in [6.45, 7) is 4.30. The van der Waals surface area contributed by atoms with Gasteiger partial charge in [0.15, 0.2) is 17.2 Å². The molecule has 8 heteroatoms. The molecule has 30 heavy (non-hydrogen) atoms. The molecule has 156 valence electrons. The Morgan fingerprint density at radius 2 is 1.97 bits per heavy atom. The number of aromatic nitrogens is 3. The summed E-state index contributed by atoms with van der Waals surface area (Å²) in [7, 11) is 0. The molecule has 2 saturated heterocycles. The second kappa shape index (κ2) is 7.01. The number of rotatable bonds is 4. The van der Waals surface area contributed by atoms with Crippen molar-refractivity contribution < 1.29 is 14.2 Å². The van der Waals surface area contributed by atoms with E-state index < -0.39 is 5.82 Å². The van der Waals surface area contributed by atoms with Crippen molar-refractivity contribution in [3.8, 4) is 17.0 Å². The van der Waals surface area contributed by atoms with E-state index in [0.717, 1.165) is 43.9 Å². The number of morpholine rings is 1. The summed E-state index contributed by atoms with van der Waals surface area (Å²) in [5, 5.41) is 23.4. The first-order chi connectivity index (χ1) is 14.7. The lowest BCUT2D eigenvalue weighted by atomic mass is 10.0. The zero-order chi connectivity index (χ0) is 20.2. The Kier molecular flexibility index (Phi) is 4.26. The predicted octanol–water partition coefficient (Wildman–Crippen LogP) is 2.52. The van der Waals surface area contributed by atoms with Crippen molar-refractivity contribution in [3.63, 3.8) is 0 Å². The van der Waals surface area contributed by atoms with Crippen LogP contribution in [0, 0.1) is 5.82 Å². The number of halogens is 1. The maximum atomic E-state index is 13.8. The summed E-state index contributed by atoms with van der Waals surface area (Å²) in [4.78, 5) is 5.98. The van der Waals surface area contributed by atoms with Gasteiger partial charge in [0, 0.05) is 48.4 Å². The molecule has 2 aromatic heterocycles. The van der Waals surface area contributed by atoms with Gasteiger partial charge in [0.05, 0.1) is 18.9 Å². The Morgan fingerprint density at radius 1 is 1.17 bits per heavy atom. The van der Waals surface area contributed by atoms with E-state index in [2.05, 4.69) is 25.4 Å². The Hall–Kier alpha value is -2.55. The Labute approximate surface area is 173 Å². The molecule has 1 aromatic carbocycles. The van der Waals surface area contributed by atoms with Crippen molar-refractivity contribution in [2.24, 2.45) is 0 Å². The molecule has 3 N–H and O–H groups in total. The van der Waals surface area contributed by atoms with Crippen LogP contribution in [-0.2, 0) is 11.3 Å². The molecular formula is C22H24FN5O2. The predicted molar refractivity (Wildman–Crippen MR) is 110 cm³/mol. The zero-order valence-corrected chi connectivity index (χ0v) is 16.6. The molecule has 2 aliphatic heterocycles. The highest BCUT2D eigenvalue weighted by molar-refractivity contribution is 5.86. The number of piperazine rings is 1. The van der Waals surface area contributed by atoms with Gasteiger partial charge in [0.25, 0.3) is 0 Å². The summed E-state index contributed by atoms with van der Waals surface area (Å²) >= 11 is 0. The minimum Gasteiger partial charge on any atom is -0.504 e. The fraction of sp³-hybridized carbons (Fsp3) is 0.455. The molecule has 2 bridgehead atoms. The van der Waals surface area contributed by atoms with Crippen LogP contribution in [0.3, 0.4) is 0 Å². The first-order valence-corrected chi connectivity index (χ1v) is 10.6. The van der Waals surface area contributed by atoms with Crippen LogP contribution in [0.1, 0.15) is 30.0 Å². The number of hydrogen-bond acceptors (Lipinski definition) is 6. The van der Waals surface area contributed by atoms with Gasteiger partial charge in [0.2, 0.25) is 0 Å². The highest BCUT2D eigenvalue weighted by atomic mass is 19.1. The van der Waals surface area contributed by atoms with E-state index >= 15 is 0 Å². The molecule has 6 rings (SSSR count). The molecule has 1 saturated carbocycles. The summed E-state index contributed by atoms with van der Waals surface area (Å²) in [5.74, 6) is -0.512. The van der Waals surface area contributed by atoms with E-state index in [1.807, 2.05) is 6.07 Å². The van der Waals surface area contributed by atoms with Crippen LogP contribution in [0.4, 0.5) is 4.39 Å². The van der Waals surface area contributed by atoms with Crippen LogP contribution in [0.5, 0.6) is 5.75 Å². The maximum absolute atomic E-state index is 13.8. The van der Waals surface area contributed by atoms with Crippen LogP contribution in [0.25, 0.3) is 22.3 Å². The normalized spacial score (nSPS) is 24.4. The fourth-order valence-corrected chi connectivity index (χ4v) is 4.92. The van der Waals surface area contributed by atoms with E-state index in [1.54, 1.807) is 12.1 Å². The fourth-order valence-electron chi connectivity index (χ4n) is 4.92. The molecule has 1 aliphatic carbocycles. The Morgan fingerprint density at radius 3 is 2.73 bits per heavy atom. The average molecular weight is 409 g/mol. The summed E-state index contributed by atoms with van der Waals surface area (Å²) in [6, 6.07) is 7.18. The Bertz CT molecular complexity index is 1100. The molecule has 2 atom stereocenters. The number of benzene rings is 1. The number of aromatic amines is 1. The minimum atomic E-state index is -0.653. The smallest absolute Gasteiger partial charge is 0.165 e. The molecule has 0 radical (unpaired) electrons. The van der Waals surface area contributed by atoms with Gasteiger partial charge in [-0.2, -0.15) is 0 Å². The number of nitrogens with one attached hydrogen (secondary N) is 2. The van der Waals surface area contributed by atoms with Gasteiger partial charge in [-0.25, -0.2) is 4.39 Å². The van der Waals surface area contributed by atoms with Crippen molar-refractivity contribution in [1.82, 2.24) is 25.4 Å². The van der Waals surface area contributed by atoms with Crippen LogP contribution in [-0.4, -0.2) is 63.6 Å². The lowest BCUT2D eigenvalue weighted by Crippen LogP contribution is -2.62. The van der Waals surface area contributed by atoms with Crippen LogP contribution in [0.15, 0.2) is 24.3 Å². The monoisotopic (exact) mass is 409 g/mol. The van der Waals surface area contributed by atoms with Gasteiger partial charge in [-0.15, -0.1) is 10.2 Å². The topological polar surface area (TPSA) is 86.3 Å². The van der Waals surface area contributed by atoms with Gasteiger partial charge in [-0.05, 0) is 42.5 Å². The van der Waals surface area contributed by atoms with E-state index in [4.69, 9.17) is 4.74 Å². The number of fused-ring (bicyclic) bond motifs is 3. The average Bonchev–Trinajstić information content (AvgIpc) is 3.50. The van der Waals surface area contributed by atoms with Crippen molar-refractivity contribution in [1.29, 1.82) is 0 Å². The molecule has 2 unspecified atom stereocenters. The number of phenols is 1. The zero-order valence-electron chi connectivity index (χ0n) is 16.6. The SMILES string of the molecule is Oc1c(F)cccc1-c1cc2c(C3CC3)c(CN3CC4COCC(C3)N4)[nH]c2nn1. The summed E-state index contributed by atoms with van der Waals surface area (Å²) in [6.07, 6.45) is 2.34. The second-order valence-electron chi connectivity index (χ2n) is 8.71. The lowest BCUT2D eigenvalue weighted by Gasteiger charge is -2.42. The van der Waals surface area contributed by atoms with Gasteiger partial charge >= 0.3 is 0 Å². The van der Waals surface area contributed by atoms with Crippen molar-refractivity contribution in [2.75, 3.05) is 26.3 Å². The first kappa shape index (κ1) is 18.2. The Balaban J connectivity index is 1.37. The number of nitrogens with zero attached hydrogens (tertiary/aromatic N) is 3. The van der Waals surface area contributed by atoms with Crippen molar-refractivity contribution in [3.05, 3.63) is 41.3 Å². The maximum Gasteiger partial charge on any atom is 0.165 e. The van der Waals surface area contributed by atoms with E-state index in [0.29, 0.717) is 29.3 Å². The molecule has 0 amide bonds. The third-order valence-electron chi connectivity index (χ3n) is 6.38. The first-order valence-electron chi connectivity index (χ1n) is 10.6. The lowest BCUT2D eigenvalue weighted by molar-refractivity contribution is -0.00900. The van der Waals surface area contributed by atoms with Crippen LogP contribution in [0.2, 0.25) is 0 Å². The van der Waals surface area contributed by atoms with E-state index in [1.165, 1.54) is 30.2 Å². The number of phenolic OH excluding ortho intramolecular Hbond substituents is 1. The van der Waals surface area contributed by atoms with E-state index in [-0.39, 0.29) is 5.75 Å². The quantitative estimate of drug-likeness (QED) is 0.614. The van der Waals surface area contributed by atoms with Crippen molar-refractivity contribution in [2.45, 2.75) is 37.4 Å². The standard InChI is InChI=1S/C22H24FN5O2/c23-17-3-1-2-15(21(17)29)18-6-16-20(12-4-5-12)19(25-22(16)27-26-18)9-28-7-13-10-30-11-14(8-28)24-13/h1-3,6,12-14,24,29H,4-5,7-11H2,(H,25,27). The van der Waals surface area contributed by atoms with Crippen molar-refractivity contribution >= 4 is 11.0 Å². The van der Waals surface area contributed by atoms with Crippen LogP contribution < -0.4 is 5.32 Å². The molecule has 7 nitrogen and oxygen atoms in total.